The maximum atomic E-state index is 12.7. The summed E-state index contributed by atoms with van der Waals surface area (Å²) < 4.78 is 0. The molecule has 4 heterocycles. The molecule has 3 N–H and O–H groups in total. The molecule has 12 heteroatoms. The van der Waals surface area contributed by atoms with E-state index in [0.29, 0.717) is 44.3 Å². The van der Waals surface area contributed by atoms with Gasteiger partial charge in [-0.1, -0.05) is 13.8 Å². The van der Waals surface area contributed by atoms with E-state index in [1.807, 2.05) is 36.8 Å². The van der Waals surface area contributed by atoms with Gasteiger partial charge in [0.15, 0.2) is 0 Å². The van der Waals surface area contributed by atoms with Crippen LogP contribution in [-0.4, -0.2) is 132 Å². The lowest BCUT2D eigenvalue weighted by atomic mass is 10.2. The smallest absolute Gasteiger partial charge is 0.236 e. The van der Waals surface area contributed by atoms with E-state index in [4.69, 9.17) is 0 Å². The van der Waals surface area contributed by atoms with E-state index in [0.717, 1.165) is 87.5 Å². The van der Waals surface area contributed by atoms with Gasteiger partial charge >= 0.3 is 0 Å². The van der Waals surface area contributed by atoms with Crippen molar-refractivity contribution in [1.29, 1.82) is 0 Å². The van der Waals surface area contributed by atoms with Crippen LogP contribution in [-0.2, 0) is 22.7 Å². The monoisotopic (exact) mass is 729 g/mol. The first-order valence-corrected chi connectivity index (χ1v) is 20.4. The second kappa shape index (κ2) is 22.6. The van der Waals surface area contributed by atoms with E-state index < -0.39 is 0 Å². The number of nitrogens with zero attached hydrogens (tertiary/aromatic N) is 7. The van der Waals surface area contributed by atoms with Crippen LogP contribution in [0.2, 0.25) is 0 Å². The van der Waals surface area contributed by atoms with E-state index >= 15 is 0 Å². The Balaban J connectivity index is 0.000000205. The van der Waals surface area contributed by atoms with Gasteiger partial charge in [-0.25, -0.2) is 0 Å². The Morgan fingerprint density at radius 2 is 1.42 bits per heavy atom. The van der Waals surface area contributed by atoms with Crippen molar-refractivity contribution >= 4 is 24.2 Å². The first kappa shape index (κ1) is 40.6. The number of aliphatic imine (C=N–C) groups is 2. The molecule has 4 aliphatic rings. The lowest BCUT2D eigenvalue weighted by Crippen LogP contribution is -2.45. The molecule has 12 nitrogen and oxygen atoms in total. The number of carbonyl (C=O) groups excluding carboxylic acids is 2. The van der Waals surface area contributed by atoms with Gasteiger partial charge < -0.3 is 30.7 Å². The molecule has 290 valence electrons. The quantitative estimate of drug-likeness (QED) is 0.131. The highest BCUT2D eigenvalue weighted by molar-refractivity contribution is 5.81. The molecule has 0 radical (unpaired) electrons. The number of carbonyl (C=O) groups is 2. The lowest BCUT2D eigenvalue weighted by molar-refractivity contribution is -0.131. The fraction of sp³-hybridized carbons (Fsp3) is 0.659. The number of hydrogen-bond acceptors (Lipinski definition) is 10. The molecule has 2 saturated heterocycles. The van der Waals surface area contributed by atoms with Crippen molar-refractivity contribution in [3.05, 3.63) is 59.2 Å². The average molecular weight is 729 g/mol. The van der Waals surface area contributed by atoms with E-state index in [9.17, 15) is 9.59 Å². The van der Waals surface area contributed by atoms with Crippen LogP contribution >= 0.6 is 0 Å². The third kappa shape index (κ3) is 15.7. The molecule has 0 spiro atoms. The van der Waals surface area contributed by atoms with Crippen LogP contribution in [0.1, 0.15) is 101 Å². The van der Waals surface area contributed by atoms with Gasteiger partial charge in [0.25, 0.3) is 0 Å². The van der Waals surface area contributed by atoms with Gasteiger partial charge in [-0.05, 0) is 132 Å². The Morgan fingerprint density at radius 3 is 2.00 bits per heavy atom. The van der Waals surface area contributed by atoms with Gasteiger partial charge in [-0.3, -0.25) is 29.5 Å². The number of unbranched alkanes of at least 4 members (excludes halogenated alkanes) is 1. The summed E-state index contributed by atoms with van der Waals surface area (Å²) in [6.07, 6.45) is 19.4. The number of rotatable bonds is 21. The molecule has 53 heavy (non-hydrogen) atoms. The largest absolute Gasteiger partial charge is 0.355 e. The summed E-state index contributed by atoms with van der Waals surface area (Å²) in [4.78, 5) is 49.3. The third-order valence-corrected chi connectivity index (χ3v) is 10.3. The second-order valence-electron chi connectivity index (χ2n) is 14.9. The Morgan fingerprint density at radius 1 is 0.811 bits per heavy atom. The molecule has 0 aromatic carbocycles. The predicted molar refractivity (Wildman–Crippen MR) is 214 cm³/mol. The van der Waals surface area contributed by atoms with Crippen LogP contribution in [0.15, 0.2) is 46.6 Å². The predicted octanol–water partition coefficient (Wildman–Crippen LogP) is 3.83. The SMILES string of the molecule is CCN(CC)CCCCNC(=O)CNCc1cc(C=NC2CC2)ccn1.O=C(CNCc1cc(C=NC2CC2)ccn1)N1CCC[C@@H]1CN1CCCC1. The Kier molecular flexibility index (Phi) is 17.3. The molecule has 2 aliphatic heterocycles. The fourth-order valence-corrected chi connectivity index (χ4v) is 6.79. The van der Waals surface area contributed by atoms with Gasteiger partial charge in [-0.2, -0.15) is 0 Å². The summed E-state index contributed by atoms with van der Waals surface area (Å²) in [6.45, 7) is 14.6. The molecule has 2 aromatic heterocycles. The molecule has 0 bridgehead atoms. The first-order chi connectivity index (χ1) is 26.0. The minimum absolute atomic E-state index is 0.0410. The standard InChI is InChI=1S/C21H31N5O.C20H33N5O/c27-21(26-11-3-4-20(26)16-25-9-1-2-10-25)15-22-14-19-12-17(7-8-23-19)13-24-18-5-6-18;1-3-25(4-2)12-6-5-10-23-20(26)16-21-15-19-13-17(9-11-22-19)14-24-18-7-8-18/h7-8,12-13,18,20,22H,1-6,9-11,14-16H2;9,11,13-14,18,21H,3-8,10,12,15-16H2,1-2H3,(H,23,26)/t20-;/m1./s1. The zero-order chi connectivity index (χ0) is 37.1. The van der Waals surface area contributed by atoms with Crippen molar-refractivity contribution < 1.29 is 9.59 Å². The summed E-state index contributed by atoms with van der Waals surface area (Å²) in [5.41, 5.74) is 4.04. The van der Waals surface area contributed by atoms with Crippen LogP contribution in [0.25, 0.3) is 0 Å². The number of hydrogen-bond donors (Lipinski definition) is 3. The van der Waals surface area contributed by atoms with Crippen molar-refractivity contribution in [1.82, 2.24) is 40.6 Å². The average Bonchev–Trinajstić information content (AvgIpc) is 4.09. The van der Waals surface area contributed by atoms with E-state index in [-0.39, 0.29) is 11.8 Å². The van der Waals surface area contributed by atoms with Crippen molar-refractivity contribution in [2.24, 2.45) is 9.98 Å². The Bertz CT molecular complexity index is 1450. The maximum Gasteiger partial charge on any atom is 0.236 e. The highest BCUT2D eigenvalue weighted by Crippen LogP contribution is 2.24. The number of nitrogens with one attached hydrogen (secondary N) is 3. The van der Waals surface area contributed by atoms with Crippen LogP contribution in [0.5, 0.6) is 0 Å². The molecule has 0 unspecified atom stereocenters. The molecule has 6 rings (SSSR count). The van der Waals surface area contributed by atoms with Gasteiger partial charge in [0.1, 0.15) is 0 Å². The van der Waals surface area contributed by atoms with Gasteiger partial charge in [-0.15, -0.1) is 0 Å². The van der Waals surface area contributed by atoms with E-state index in [1.165, 1.54) is 51.6 Å². The minimum Gasteiger partial charge on any atom is -0.355 e. The zero-order valence-corrected chi connectivity index (χ0v) is 32.4. The second-order valence-corrected chi connectivity index (χ2v) is 14.9. The van der Waals surface area contributed by atoms with Crippen LogP contribution < -0.4 is 16.0 Å². The van der Waals surface area contributed by atoms with Crippen molar-refractivity contribution in [2.75, 3.05) is 65.4 Å². The first-order valence-electron chi connectivity index (χ1n) is 20.4. The van der Waals surface area contributed by atoms with Crippen LogP contribution in [0, 0.1) is 0 Å². The lowest BCUT2D eigenvalue weighted by Gasteiger charge is -2.28. The summed E-state index contributed by atoms with van der Waals surface area (Å²) in [6, 6.07) is 9.47. The third-order valence-electron chi connectivity index (χ3n) is 10.3. The molecule has 2 saturated carbocycles. The number of likely N-dealkylation sites (tertiary alicyclic amines) is 2. The number of pyridine rings is 2. The molecule has 2 amide bonds. The van der Waals surface area contributed by atoms with Crippen LogP contribution in [0.3, 0.4) is 0 Å². The summed E-state index contributed by atoms with van der Waals surface area (Å²) >= 11 is 0. The number of aromatic nitrogens is 2. The highest BCUT2D eigenvalue weighted by atomic mass is 16.2. The highest BCUT2D eigenvalue weighted by Gasteiger charge is 2.30. The van der Waals surface area contributed by atoms with Crippen molar-refractivity contribution in [2.45, 2.75) is 109 Å². The topological polar surface area (TPSA) is 130 Å². The van der Waals surface area contributed by atoms with Crippen LogP contribution in [0.4, 0.5) is 0 Å². The summed E-state index contributed by atoms with van der Waals surface area (Å²) in [7, 11) is 0. The summed E-state index contributed by atoms with van der Waals surface area (Å²) in [5, 5.41) is 9.41. The normalized spacial score (nSPS) is 19.0. The van der Waals surface area contributed by atoms with Crippen molar-refractivity contribution in [3.8, 4) is 0 Å². The van der Waals surface area contributed by atoms with Gasteiger partial charge in [0, 0.05) is 63.6 Å². The Labute approximate surface area is 317 Å². The minimum atomic E-state index is 0.0410. The molecule has 1 atom stereocenters. The molecule has 4 fully saturated rings. The molecular formula is C41H64N10O2. The molecular weight excluding hydrogens is 665 g/mol. The van der Waals surface area contributed by atoms with Crippen molar-refractivity contribution in [3.63, 3.8) is 0 Å². The number of amides is 2. The van der Waals surface area contributed by atoms with Gasteiger partial charge in [0.2, 0.25) is 11.8 Å². The molecule has 2 aliphatic carbocycles. The fourth-order valence-electron chi connectivity index (χ4n) is 6.79. The van der Waals surface area contributed by atoms with Gasteiger partial charge in [0.05, 0.1) is 36.6 Å². The van der Waals surface area contributed by atoms with E-state index in [2.05, 4.69) is 70.5 Å². The molecule has 2 aromatic rings. The van der Waals surface area contributed by atoms with E-state index in [1.54, 1.807) is 6.20 Å². The zero-order valence-electron chi connectivity index (χ0n) is 32.4. The Hall–Kier alpha value is -3.58. The summed E-state index contributed by atoms with van der Waals surface area (Å²) in [5.74, 6) is 0.266. The maximum absolute atomic E-state index is 12.7.